The number of aliphatic hydroxyl groups is 1. The van der Waals surface area contributed by atoms with Crippen LogP contribution in [0.3, 0.4) is 0 Å². The maximum atomic E-state index is 11.8. The number of carboxylic acids is 1. The zero-order chi connectivity index (χ0) is 19.3. The average Bonchev–Trinajstić information content (AvgIpc) is 2.63. The van der Waals surface area contributed by atoms with E-state index in [0.717, 1.165) is 5.57 Å². The third kappa shape index (κ3) is 2.93. The van der Waals surface area contributed by atoms with Gasteiger partial charge in [-0.2, -0.15) is 0 Å². The van der Waals surface area contributed by atoms with Gasteiger partial charge in [0.15, 0.2) is 0 Å². The molecule has 2 aliphatic rings. The van der Waals surface area contributed by atoms with Crippen LogP contribution in [0.1, 0.15) is 33.8 Å². The van der Waals surface area contributed by atoms with Gasteiger partial charge in [0.1, 0.15) is 23.0 Å². The largest absolute Gasteiger partial charge is 0.511 e. The molecule has 1 aliphatic carbocycles. The molecule has 0 radical (unpaired) electrons. The highest BCUT2D eigenvalue weighted by molar-refractivity contribution is 6.32. The highest BCUT2D eigenvalue weighted by Gasteiger charge is 2.37. The van der Waals surface area contributed by atoms with Gasteiger partial charge in [0.25, 0.3) is 0 Å². The molecule has 4 rings (SSSR count). The number of carboxylic acid groups (broad SMARTS) is 1. The monoisotopic (exact) mass is 404 g/mol. The van der Waals surface area contributed by atoms with Gasteiger partial charge in [0.2, 0.25) is 0 Å². The number of fused-ring (bicyclic) bond motifs is 1. The average molecular weight is 405 g/mol. The third-order valence-corrected chi connectivity index (χ3v) is 5.46. The molecule has 0 saturated heterocycles. The summed E-state index contributed by atoms with van der Waals surface area (Å²) in [5, 5.41) is 29.1. The fourth-order valence-electron chi connectivity index (χ4n) is 3.55. The van der Waals surface area contributed by atoms with Crippen LogP contribution in [0.5, 0.6) is 11.5 Å². The number of aromatic hydroxyl groups is 1. The quantitative estimate of drug-likeness (QED) is 0.614. The number of phenolic OH excluding ortho intramolecular Hbond substituents is 1. The molecule has 0 saturated carbocycles. The van der Waals surface area contributed by atoms with E-state index in [1.807, 2.05) is 0 Å². The molecule has 1 heterocycles. The van der Waals surface area contributed by atoms with Crippen molar-refractivity contribution in [2.45, 2.75) is 17.7 Å². The third-order valence-electron chi connectivity index (χ3n) is 4.78. The Morgan fingerprint density at radius 1 is 1.15 bits per heavy atom. The summed E-state index contributed by atoms with van der Waals surface area (Å²) in [6, 6.07) is 9.63. The molecule has 5 nitrogen and oxygen atoms in total. The standard InChI is InChI=1S/C20H14Cl2O5/c21-13-5-11-17(7-15(13)23)27-18-8-16(24)14(22)6-12(18)19(11)9-3-1-2-4-10(9)20(25)26/h1-5,7-8,14,19,23-24H,6H2,(H,25,26). The Balaban J connectivity index is 2.00. The second-order valence-electron chi connectivity index (χ2n) is 6.40. The topological polar surface area (TPSA) is 87.0 Å². The van der Waals surface area contributed by atoms with Crippen molar-refractivity contribution >= 4 is 29.2 Å². The zero-order valence-corrected chi connectivity index (χ0v) is 15.3. The molecule has 0 spiro atoms. The summed E-state index contributed by atoms with van der Waals surface area (Å²) in [7, 11) is 0. The Labute approximate surface area is 164 Å². The number of halogens is 2. The van der Waals surface area contributed by atoms with Crippen LogP contribution in [0.15, 0.2) is 59.6 Å². The number of phenols is 1. The number of alkyl halides is 1. The van der Waals surface area contributed by atoms with Crippen LogP contribution in [-0.4, -0.2) is 26.7 Å². The Kier molecular flexibility index (Phi) is 4.29. The van der Waals surface area contributed by atoms with E-state index in [1.54, 1.807) is 24.3 Å². The molecule has 2 aromatic rings. The molecule has 3 N–H and O–H groups in total. The first kappa shape index (κ1) is 17.8. The van der Waals surface area contributed by atoms with Gasteiger partial charge in [-0.25, -0.2) is 4.79 Å². The molecule has 0 fully saturated rings. The highest BCUT2D eigenvalue weighted by atomic mass is 35.5. The summed E-state index contributed by atoms with van der Waals surface area (Å²) >= 11 is 12.3. The van der Waals surface area contributed by atoms with E-state index < -0.39 is 17.3 Å². The van der Waals surface area contributed by atoms with Crippen LogP contribution in [-0.2, 0) is 0 Å². The van der Waals surface area contributed by atoms with Crippen LogP contribution < -0.4 is 4.74 Å². The van der Waals surface area contributed by atoms with Crippen molar-refractivity contribution < 1.29 is 24.9 Å². The smallest absolute Gasteiger partial charge is 0.335 e. The Morgan fingerprint density at radius 2 is 1.89 bits per heavy atom. The lowest BCUT2D eigenvalue weighted by Gasteiger charge is -2.34. The SMILES string of the molecule is O=C(O)c1ccccc1C1C2=C(C=C(O)C(Cl)C2)Oc2cc(O)c(Cl)cc21. The van der Waals surface area contributed by atoms with Crippen molar-refractivity contribution in [1.82, 2.24) is 0 Å². The number of aliphatic hydroxyl groups excluding tert-OH is 1. The number of allylic oxidation sites excluding steroid dienone is 3. The predicted octanol–water partition coefficient (Wildman–Crippen LogP) is 4.98. The Morgan fingerprint density at radius 3 is 2.63 bits per heavy atom. The van der Waals surface area contributed by atoms with Crippen molar-refractivity contribution in [3.8, 4) is 11.5 Å². The molecule has 0 amide bonds. The van der Waals surface area contributed by atoms with Crippen molar-refractivity contribution in [2.75, 3.05) is 0 Å². The minimum absolute atomic E-state index is 0.0256. The van der Waals surface area contributed by atoms with Crippen molar-refractivity contribution in [1.29, 1.82) is 0 Å². The number of aromatic carboxylic acids is 1. The summed E-state index contributed by atoms with van der Waals surface area (Å²) < 4.78 is 5.86. The van der Waals surface area contributed by atoms with Gasteiger partial charge in [-0.15, -0.1) is 11.6 Å². The van der Waals surface area contributed by atoms with Gasteiger partial charge in [-0.1, -0.05) is 29.8 Å². The van der Waals surface area contributed by atoms with E-state index in [9.17, 15) is 20.1 Å². The van der Waals surface area contributed by atoms with Gasteiger partial charge in [0, 0.05) is 23.6 Å². The van der Waals surface area contributed by atoms with Crippen molar-refractivity contribution in [3.05, 3.63) is 81.3 Å². The van der Waals surface area contributed by atoms with E-state index in [1.165, 1.54) is 18.2 Å². The zero-order valence-electron chi connectivity index (χ0n) is 13.8. The molecule has 7 heteroatoms. The van der Waals surface area contributed by atoms with Crippen LogP contribution in [0.4, 0.5) is 0 Å². The maximum Gasteiger partial charge on any atom is 0.335 e. The molecule has 138 valence electrons. The molecule has 2 unspecified atom stereocenters. The molecule has 2 atom stereocenters. The van der Waals surface area contributed by atoms with Gasteiger partial charge in [0.05, 0.1) is 16.0 Å². The van der Waals surface area contributed by atoms with Gasteiger partial charge >= 0.3 is 5.97 Å². The molecule has 27 heavy (non-hydrogen) atoms. The summed E-state index contributed by atoms with van der Waals surface area (Å²) in [6.07, 6.45) is 1.72. The van der Waals surface area contributed by atoms with Crippen LogP contribution in [0.2, 0.25) is 5.02 Å². The van der Waals surface area contributed by atoms with Crippen molar-refractivity contribution in [2.24, 2.45) is 0 Å². The first-order chi connectivity index (χ1) is 12.9. The van der Waals surface area contributed by atoms with Gasteiger partial charge in [-0.3, -0.25) is 0 Å². The van der Waals surface area contributed by atoms with E-state index in [2.05, 4.69) is 0 Å². The van der Waals surface area contributed by atoms with Crippen LogP contribution >= 0.6 is 23.2 Å². The molecular weight excluding hydrogens is 391 g/mol. The first-order valence-corrected chi connectivity index (χ1v) is 8.98. The fourth-order valence-corrected chi connectivity index (χ4v) is 3.95. The number of rotatable bonds is 2. The number of ether oxygens (including phenoxy) is 1. The lowest BCUT2D eigenvalue weighted by molar-refractivity contribution is 0.0695. The number of carbonyl (C=O) groups is 1. The summed E-state index contributed by atoms with van der Waals surface area (Å²) in [5.41, 5.74) is 2.08. The second kappa shape index (κ2) is 6.51. The molecule has 0 bridgehead atoms. The van der Waals surface area contributed by atoms with Crippen molar-refractivity contribution in [3.63, 3.8) is 0 Å². The minimum Gasteiger partial charge on any atom is -0.511 e. The Bertz CT molecular complexity index is 1030. The predicted molar refractivity (Wildman–Crippen MR) is 101 cm³/mol. The Hall–Kier alpha value is -2.63. The number of benzene rings is 2. The lowest BCUT2D eigenvalue weighted by Crippen LogP contribution is -2.24. The fraction of sp³-hybridized carbons (Fsp3) is 0.150. The summed E-state index contributed by atoms with van der Waals surface area (Å²) in [6.45, 7) is 0. The summed E-state index contributed by atoms with van der Waals surface area (Å²) in [5.74, 6) is -0.977. The van der Waals surface area contributed by atoms with E-state index in [-0.39, 0.29) is 28.5 Å². The molecule has 0 aromatic heterocycles. The molecular formula is C20H14Cl2O5. The van der Waals surface area contributed by atoms with E-state index >= 15 is 0 Å². The normalized spacial score (nSPS) is 21.0. The number of hydrogen-bond acceptors (Lipinski definition) is 4. The maximum absolute atomic E-state index is 11.8. The highest BCUT2D eigenvalue weighted by Crippen LogP contribution is 2.50. The van der Waals surface area contributed by atoms with Crippen LogP contribution in [0, 0.1) is 0 Å². The lowest BCUT2D eigenvalue weighted by atomic mass is 9.77. The second-order valence-corrected chi connectivity index (χ2v) is 7.33. The summed E-state index contributed by atoms with van der Waals surface area (Å²) in [4.78, 5) is 11.8. The number of hydrogen-bond donors (Lipinski definition) is 3. The molecule has 2 aromatic carbocycles. The first-order valence-electron chi connectivity index (χ1n) is 8.17. The van der Waals surface area contributed by atoms with Gasteiger partial charge in [-0.05, 0) is 29.7 Å². The molecule has 1 aliphatic heterocycles. The van der Waals surface area contributed by atoms with E-state index in [0.29, 0.717) is 22.6 Å². The van der Waals surface area contributed by atoms with Gasteiger partial charge < -0.3 is 20.1 Å². The van der Waals surface area contributed by atoms with Crippen LogP contribution in [0.25, 0.3) is 0 Å². The van der Waals surface area contributed by atoms with E-state index in [4.69, 9.17) is 27.9 Å². The minimum atomic E-state index is -1.05.